The number of fused-ring (bicyclic) bond motifs is 1. The van der Waals surface area contributed by atoms with Gasteiger partial charge in [0.25, 0.3) is 0 Å². The Labute approximate surface area is 191 Å². The van der Waals surface area contributed by atoms with Crippen LogP contribution in [0, 0.1) is 0 Å². The van der Waals surface area contributed by atoms with Crippen LogP contribution < -0.4 is 10.1 Å². The molecule has 2 aliphatic heterocycles. The first-order chi connectivity index (χ1) is 15.7. The molecule has 2 aromatic carbocycles. The lowest BCUT2D eigenvalue weighted by Crippen LogP contribution is -2.48. The predicted molar refractivity (Wildman–Crippen MR) is 129 cm³/mol. The molecule has 1 atom stereocenters. The van der Waals surface area contributed by atoms with Crippen LogP contribution in [-0.4, -0.2) is 72.3 Å². The van der Waals surface area contributed by atoms with Gasteiger partial charge in [0.05, 0.1) is 12.6 Å². The molecule has 0 aromatic heterocycles. The molecule has 2 aliphatic rings. The Morgan fingerprint density at radius 1 is 1.06 bits per heavy atom. The number of hydrogen-bond donors (Lipinski definition) is 2. The number of nitrogens with one attached hydrogen (secondary N) is 1. The van der Waals surface area contributed by atoms with Gasteiger partial charge in [-0.2, -0.15) is 0 Å². The molecule has 0 radical (unpaired) electrons. The van der Waals surface area contributed by atoms with Crippen molar-refractivity contribution < 1.29 is 9.84 Å². The molecular formula is C26H36N4O2. The number of piperidine rings is 1. The lowest BCUT2D eigenvalue weighted by atomic mass is 10.00. The van der Waals surface area contributed by atoms with Crippen molar-refractivity contribution in [3.63, 3.8) is 0 Å². The molecule has 0 saturated carbocycles. The van der Waals surface area contributed by atoms with Crippen molar-refractivity contribution in [1.82, 2.24) is 15.1 Å². The van der Waals surface area contributed by atoms with Crippen LogP contribution in [0.25, 0.3) is 0 Å². The summed E-state index contributed by atoms with van der Waals surface area (Å²) in [4.78, 5) is 9.39. The maximum atomic E-state index is 10.7. The summed E-state index contributed by atoms with van der Waals surface area (Å²) in [6.45, 7) is 7.69. The van der Waals surface area contributed by atoms with Crippen LogP contribution in [0.3, 0.4) is 0 Å². The van der Waals surface area contributed by atoms with Crippen LogP contribution in [0.2, 0.25) is 0 Å². The van der Waals surface area contributed by atoms with Crippen molar-refractivity contribution in [3.8, 4) is 5.75 Å². The molecule has 4 rings (SSSR count). The second-order valence-corrected chi connectivity index (χ2v) is 8.72. The van der Waals surface area contributed by atoms with E-state index >= 15 is 0 Å². The number of para-hydroxylation sites is 1. The Balaban J connectivity index is 1.26. The van der Waals surface area contributed by atoms with Gasteiger partial charge in [-0.3, -0.25) is 9.89 Å². The fourth-order valence-electron chi connectivity index (χ4n) is 4.56. The number of nitrogens with zero attached hydrogens (tertiary/aromatic N) is 3. The van der Waals surface area contributed by atoms with Gasteiger partial charge >= 0.3 is 0 Å². The van der Waals surface area contributed by atoms with Crippen LogP contribution >= 0.6 is 0 Å². The van der Waals surface area contributed by atoms with Gasteiger partial charge in [-0.15, -0.1) is 0 Å². The number of likely N-dealkylation sites (tertiary alicyclic amines) is 1. The van der Waals surface area contributed by atoms with Gasteiger partial charge in [0.2, 0.25) is 0 Å². The first kappa shape index (κ1) is 22.6. The fraction of sp³-hybridized carbons (Fsp3) is 0.500. The normalized spacial score (nSPS) is 18.8. The SMILES string of the molecule is CCNC(=NCC(O)CN1CCc2ccccc2C1)N1CCC(Oc2ccccc2)CC1. The minimum Gasteiger partial charge on any atom is -0.490 e. The first-order valence-electron chi connectivity index (χ1n) is 11.9. The highest BCUT2D eigenvalue weighted by molar-refractivity contribution is 5.80. The summed E-state index contributed by atoms with van der Waals surface area (Å²) in [5.74, 6) is 1.84. The maximum absolute atomic E-state index is 10.7. The highest BCUT2D eigenvalue weighted by Crippen LogP contribution is 2.20. The average Bonchev–Trinajstić information content (AvgIpc) is 2.83. The second-order valence-electron chi connectivity index (χ2n) is 8.72. The summed E-state index contributed by atoms with van der Waals surface area (Å²) in [6, 6.07) is 18.7. The number of guanidine groups is 1. The number of aliphatic hydroxyl groups excluding tert-OH is 1. The zero-order valence-corrected chi connectivity index (χ0v) is 19.1. The number of rotatable bonds is 7. The number of ether oxygens (including phenoxy) is 1. The zero-order chi connectivity index (χ0) is 22.2. The van der Waals surface area contributed by atoms with Gasteiger partial charge < -0.3 is 20.1 Å². The minimum atomic E-state index is -0.465. The predicted octanol–water partition coefficient (Wildman–Crippen LogP) is 2.91. The highest BCUT2D eigenvalue weighted by Gasteiger charge is 2.23. The summed E-state index contributed by atoms with van der Waals surface area (Å²) in [6.07, 6.45) is 2.76. The lowest BCUT2D eigenvalue weighted by molar-refractivity contribution is 0.110. The largest absolute Gasteiger partial charge is 0.490 e. The molecule has 6 nitrogen and oxygen atoms in total. The van der Waals surface area contributed by atoms with Gasteiger partial charge in [-0.05, 0) is 36.6 Å². The van der Waals surface area contributed by atoms with E-state index < -0.39 is 6.10 Å². The number of hydrogen-bond acceptors (Lipinski definition) is 4. The van der Waals surface area contributed by atoms with Crippen LogP contribution in [0.15, 0.2) is 59.6 Å². The summed E-state index contributed by atoms with van der Waals surface area (Å²) < 4.78 is 6.12. The van der Waals surface area contributed by atoms with Crippen molar-refractivity contribution in [2.24, 2.45) is 4.99 Å². The van der Waals surface area contributed by atoms with E-state index in [9.17, 15) is 5.11 Å². The van der Waals surface area contributed by atoms with E-state index in [2.05, 4.69) is 46.3 Å². The molecule has 0 amide bonds. The number of β-amino-alcohol motifs (C(OH)–C–C–N with tert-alkyl or cyclic N) is 1. The summed E-state index contributed by atoms with van der Waals surface area (Å²) in [5.41, 5.74) is 2.81. The van der Waals surface area contributed by atoms with Crippen molar-refractivity contribution in [2.45, 2.75) is 44.9 Å². The first-order valence-corrected chi connectivity index (χ1v) is 11.9. The number of benzene rings is 2. The van der Waals surface area contributed by atoms with Crippen molar-refractivity contribution in [3.05, 3.63) is 65.7 Å². The standard InChI is InChI=1S/C26H36N4O2/c1-2-27-26(30-16-13-25(14-17-30)32-24-10-4-3-5-11-24)28-18-23(31)20-29-15-12-21-8-6-7-9-22(21)19-29/h3-11,23,25,31H,2,12-20H2,1H3,(H,27,28). The third-order valence-electron chi connectivity index (χ3n) is 6.25. The van der Waals surface area contributed by atoms with E-state index in [1.54, 1.807) is 0 Å². The second kappa shape index (κ2) is 11.3. The Kier molecular flexibility index (Phi) is 8.02. The molecule has 172 valence electrons. The maximum Gasteiger partial charge on any atom is 0.194 e. The summed E-state index contributed by atoms with van der Waals surface area (Å²) >= 11 is 0. The van der Waals surface area contributed by atoms with Crippen LogP contribution in [-0.2, 0) is 13.0 Å². The topological polar surface area (TPSA) is 60.3 Å². The molecule has 6 heteroatoms. The van der Waals surface area contributed by atoms with Crippen LogP contribution in [0.5, 0.6) is 5.75 Å². The number of aliphatic hydroxyl groups is 1. The van der Waals surface area contributed by atoms with E-state index in [1.807, 2.05) is 30.3 Å². The zero-order valence-electron chi connectivity index (χ0n) is 19.1. The Bertz CT molecular complexity index is 865. The van der Waals surface area contributed by atoms with E-state index in [-0.39, 0.29) is 6.10 Å². The van der Waals surface area contributed by atoms with Gasteiger partial charge in [0.1, 0.15) is 11.9 Å². The van der Waals surface area contributed by atoms with Gasteiger partial charge in [0, 0.05) is 52.1 Å². The van der Waals surface area contributed by atoms with Crippen molar-refractivity contribution >= 4 is 5.96 Å². The molecule has 1 fully saturated rings. The third kappa shape index (κ3) is 6.24. The molecule has 0 spiro atoms. The Morgan fingerprint density at radius 2 is 1.78 bits per heavy atom. The van der Waals surface area contributed by atoms with E-state index in [0.29, 0.717) is 13.1 Å². The van der Waals surface area contributed by atoms with Crippen molar-refractivity contribution in [2.75, 3.05) is 39.3 Å². The third-order valence-corrected chi connectivity index (χ3v) is 6.25. The molecule has 2 heterocycles. The minimum absolute atomic E-state index is 0.240. The van der Waals surface area contributed by atoms with Gasteiger partial charge in [-0.25, -0.2) is 0 Å². The Morgan fingerprint density at radius 3 is 2.53 bits per heavy atom. The smallest absolute Gasteiger partial charge is 0.194 e. The quantitative estimate of drug-likeness (QED) is 0.516. The molecule has 0 bridgehead atoms. The Hall–Kier alpha value is -2.57. The molecule has 2 N–H and O–H groups in total. The molecule has 32 heavy (non-hydrogen) atoms. The molecule has 1 saturated heterocycles. The average molecular weight is 437 g/mol. The van der Waals surface area contributed by atoms with E-state index in [1.165, 1.54) is 11.1 Å². The summed E-state index contributed by atoms with van der Waals surface area (Å²) in [7, 11) is 0. The molecule has 1 unspecified atom stereocenters. The molecular weight excluding hydrogens is 400 g/mol. The van der Waals surface area contributed by atoms with E-state index in [4.69, 9.17) is 9.73 Å². The number of aliphatic imine (C=N–C) groups is 1. The fourth-order valence-corrected chi connectivity index (χ4v) is 4.56. The molecule has 2 aromatic rings. The van der Waals surface area contributed by atoms with Gasteiger partial charge in [-0.1, -0.05) is 42.5 Å². The lowest BCUT2D eigenvalue weighted by Gasteiger charge is -2.34. The van der Waals surface area contributed by atoms with Crippen LogP contribution in [0.4, 0.5) is 0 Å². The van der Waals surface area contributed by atoms with E-state index in [0.717, 1.165) is 63.7 Å². The van der Waals surface area contributed by atoms with Crippen molar-refractivity contribution in [1.29, 1.82) is 0 Å². The van der Waals surface area contributed by atoms with Crippen LogP contribution in [0.1, 0.15) is 30.9 Å². The van der Waals surface area contributed by atoms with Gasteiger partial charge in [0.15, 0.2) is 5.96 Å². The summed E-state index contributed by atoms with van der Waals surface area (Å²) in [5, 5.41) is 14.1. The molecule has 0 aliphatic carbocycles. The monoisotopic (exact) mass is 436 g/mol. The highest BCUT2D eigenvalue weighted by atomic mass is 16.5.